The molecule has 0 aromatic rings. The molecule has 0 aromatic carbocycles. The van der Waals surface area contributed by atoms with Crippen molar-refractivity contribution in [3.8, 4) is 0 Å². The van der Waals surface area contributed by atoms with Crippen molar-refractivity contribution < 1.29 is 9.47 Å². The lowest BCUT2D eigenvalue weighted by molar-refractivity contribution is -0.184. The average molecular weight is 156 g/mol. The molecule has 2 aliphatic heterocycles. The zero-order valence-corrected chi connectivity index (χ0v) is 7.30. The van der Waals surface area contributed by atoms with Crippen molar-refractivity contribution in [3.05, 3.63) is 0 Å². The van der Waals surface area contributed by atoms with Crippen LogP contribution in [-0.4, -0.2) is 25.4 Å². The van der Waals surface area contributed by atoms with Crippen LogP contribution in [0, 0.1) is 11.8 Å². The highest BCUT2D eigenvalue weighted by Crippen LogP contribution is 2.38. The van der Waals surface area contributed by atoms with Gasteiger partial charge in [-0.25, -0.2) is 0 Å². The monoisotopic (exact) mass is 156 g/mol. The van der Waals surface area contributed by atoms with Gasteiger partial charge in [0.1, 0.15) is 5.60 Å². The normalized spacial score (nSPS) is 34.6. The van der Waals surface area contributed by atoms with Crippen molar-refractivity contribution in [1.82, 2.24) is 0 Å². The molecule has 2 fully saturated rings. The Morgan fingerprint density at radius 3 is 2.36 bits per heavy atom. The molecule has 0 bridgehead atoms. The van der Waals surface area contributed by atoms with Crippen LogP contribution in [0.25, 0.3) is 0 Å². The Labute approximate surface area is 67.9 Å². The Balaban J connectivity index is 1.93. The van der Waals surface area contributed by atoms with Gasteiger partial charge in [-0.15, -0.1) is 0 Å². The fourth-order valence-corrected chi connectivity index (χ4v) is 1.84. The first-order chi connectivity index (χ1) is 5.22. The van der Waals surface area contributed by atoms with Crippen LogP contribution in [0.5, 0.6) is 0 Å². The van der Waals surface area contributed by atoms with Crippen LogP contribution in [0.15, 0.2) is 0 Å². The maximum Gasteiger partial charge on any atom is 0.115 e. The van der Waals surface area contributed by atoms with Gasteiger partial charge in [0.15, 0.2) is 0 Å². The summed E-state index contributed by atoms with van der Waals surface area (Å²) in [5.41, 5.74) is 0.148. The standard InChI is InChI=1S/C9H16O2/c1-7(2)8-3-9(11-4-8)5-10-6-9/h7-8H,3-6H2,1-2H3. The predicted molar refractivity (Wildman–Crippen MR) is 42.4 cm³/mol. The molecule has 0 amide bonds. The largest absolute Gasteiger partial charge is 0.375 e. The second-order valence-electron chi connectivity index (χ2n) is 4.20. The minimum absolute atomic E-state index is 0.148. The van der Waals surface area contributed by atoms with Crippen LogP contribution in [0.4, 0.5) is 0 Å². The number of hydrogen-bond donors (Lipinski definition) is 0. The summed E-state index contributed by atoms with van der Waals surface area (Å²) in [6.45, 7) is 7.15. The van der Waals surface area contributed by atoms with Crippen LogP contribution in [0.3, 0.4) is 0 Å². The van der Waals surface area contributed by atoms with E-state index in [0.29, 0.717) is 0 Å². The molecule has 0 aliphatic carbocycles. The summed E-state index contributed by atoms with van der Waals surface area (Å²) in [7, 11) is 0. The molecule has 0 saturated carbocycles. The van der Waals surface area contributed by atoms with Gasteiger partial charge in [0.05, 0.1) is 19.8 Å². The van der Waals surface area contributed by atoms with Gasteiger partial charge in [0.2, 0.25) is 0 Å². The van der Waals surface area contributed by atoms with E-state index >= 15 is 0 Å². The molecule has 2 heterocycles. The van der Waals surface area contributed by atoms with Crippen LogP contribution in [-0.2, 0) is 9.47 Å². The molecule has 0 radical (unpaired) electrons. The summed E-state index contributed by atoms with van der Waals surface area (Å²) in [4.78, 5) is 0. The highest BCUT2D eigenvalue weighted by molar-refractivity contribution is 4.94. The fraction of sp³-hybridized carbons (Fsp3) is 1.00. The first-order valence-electron chi connectivity index (χ1n) is 4.44. The van der Waals surface area contributed by atoms with E-state index < -0.39 is 0 Å². The van der Waals surface area contributed by atoms with E-state index in [-0.39, 0.29) is 5.60 Å². The predicted octanol–water partition coefficient (Wildman–Crippen LogP) is 1.45. The lowest BCUT2D eigenvalue weighted by atomic mass is 9.86. The van der Waals surface area contributed by atoms with Gasteiger partial charge in [0, 0.05) is 0 Å². The van der Waals surface area contributed by atoms with Crippen LogP contribution in [0.1, 0.15) is 20.3 Å². The van der Waals surface area contributed by atoms with Crippen molar-refractivity contribution >= 4 is 0 Å². The topological polar surface area (TPSA) is 18.5 Å². The Bertz CT molecular complexity index is 150. The molecule has 0 aromatic heterocycles. The molecule has 2 nitrogen and oxygen atoms in total. The first kappa shape index (κ1) is 7.56. The van der Waals surface area contributed by atoms with Gasteiger partial charge in [0.25, 0.3) is 0 Å². The molecule has 2 heteroatoms. The molecule has 2 rings (SSSR count). The van der Waals surface area contributed by atoms with Crippen molar-refractivity contribution in [2.45, 2.75) is 25.9 Å². The van der Waals surface area contributed by atoms with Crippen molar-refractivity contribution in [1.29, 1.82) is 0 Å². The van der Waals surface area contributed by atoms with Crippen LogP contribution in [0.2, 0.25) is 0 Å². The van der Waals surface area contributed by atoms with E-state index in [4.69, 9.17) is 9.47 Å². The van der Waals surface area contributed by atoms with Gasteiger partial charge in [-0.1, -0.05) is 13.8 Å². The highest BCUT2D eigenvalue weighted by Gasteiger charge is 2.47. The zero-order chi connectivity index (χ0) is 7.90. The summed E-state index contributed by atoms with van der Waals surface area (Å²) in [5, 5.41) is 0. The van der Waals surface area contributed by atoms with E-state index in [1.165, 1.54) is 6.42 Å². The fourth-order valence-electron chi connectivity index (χ4n) is 1.84. The van der Waals surface area contributed by atoms with Gasteiger partial charge in [-0.3, -0.25) is 0 Å². The molecular weight excluding hydrogens is 140 g/mol. The molecule has 1 spiro atoms. The molecule has 2 aliphatic rings. The lowest BCUT2D eigenvalue weighted by Gasteiger charge is -2.37. The third-order valence-electron chi connectivity index (χ3n) is 2.91. The smallest absolute Gasteiger partial charge is 0.115 e. The van der Waals surface area contributed by atoms with Crippen molar-refractivity contribution in [2.24, 2.45) is 11.8 Å². The zero-order valence-electron chi connectivity index (χ0n) is 7.30. The number of hydrogen-bond acceptors (Lipinski definition) is 2. The quantitative estimate of drug-likeness (QED) is 0.572. The maximum absolute atomic E-state index is 5.73. The third-order valence-corrected chi connectivity index (χ3v) is 2.91. The van der Waals surface area contributed by atoms with E-state index in [1.54, 1.807) is 0 Å². The van der Waals surface area contributed by atoms with Gasteiger partial charge >= 0.3 is 0 Å². The second-order valence-corrected chi connectivity index (χ2v) is 4.20. The highest BCUT2D eigenvalue weighted by atomic mass is 16.6. The van der Waals surface area contributed by atoms with Gasteiger partial charge in [-0.2, -0.15) is 0 Å². The second kappa shape index (κ2) is 2.46. The lowest BCUT2D eigenvalue weighted by Crippen LogP contribution is -2.49. The SMILES string of the molecule is CC(C)C1COC2(COC2)C1. The van der Waals surface area contributed by atoms with E-state index in [0.717, 1.165) is 31.7 Å². The maximum atomic E-state index is 5.73. The molecule has 64 valence electrons. The Morgan fingerprint density at radius 2 is 2.09 bits per heavy atom. The number of ether oxygens (including phenoxy) is 2. The van der Waals surface area contributed by atoms with Gasteiger partial charge < -0.3 is 9.47 Å². The van der Waals surface area contributed by atoms with Crippen molar-refractivity contribution in [3.63, 3.8) is 0 Å². The summed E-state index contributed by atoms with van der Waals surface area (Å²) in [5.74, 6) is 1.52. The summed E-state index contributed by atoms with van der Waals surface area (Å²) >= 11 is 0. The molecule has 0 N–H and O–H groups in total. The first-order valence-corrected chi connectivity index (χ1v) is 4.44. The Hall–Kier alpha value is -0.0800. The number of rotatable bonds is 1. The van der Waals surface area contributed by atoms with E-state index in [9.17, 15) is 0 Å². The van der Waals surface area contributed by atoms with Crippen molar-refractivity contribution in [2.75, 3.05) is 19.8 Å². The van der Waals surface area contributed by atoms with E-state index in [2.05, 4.69) is 13.8 Å². The molecule has 2 saturated heterocycles. The third kappa shape index (κ3) is 1.18. The summed E-state index contributed by atoms with van der Waals surface area (Å²) in [6.07, 6.45) is 1.21. The van der Waals surface area contributed by atoms with E-state index in [1.807, 2.05) is 0 Å². The molecule has 1 unspecified atom stereocenters. The molecular formula is C9H16O2. The van der Waals surface area contributed by atoms with Gasteiger partial charge in [-0.05, 0) is 18.3 Å². The Morgan fingerprint density at radius 1 is 1.36 bits per heavy atom. The molecule has 1 atom stereocenters. The molecule has 11 heavy (non-hydrogen) atoms. The van der Waals surface area contributed by atoms with Crippen LogP contribution < -0.4 is 0 Å². The summed E-state index contributed by atoms with van der Waals surface area (Å²) in [6, 6.07) is 0. The average Bonchev–Trinajstić information content (AvgIpc) is 2.28. The summed E-state index contributed by atoms with van der Waals surface area (Å²) < 4.78 is 10.9. The Kier molecular flexibility index (Phi) is 1.69. The minimum atomic E-state index is 0.148. The minimum Gasteiger partial charge on any atom is -0.375 e. The van der Waals surface area contributed by atoms with Crippen LogP contribution >= 0.6 is 0 Å².